The molecular weight excluding hydrogens is 182 g/mol. The van der Waals surface area contributed by atoms with Crippen molar-refractivity contribution in [3.63, 3.8) is 0 Å². The minimum absolute atomic E-state index is 0.0248. The van der Waals surface area contributed by atoms with E-state index in [-0.39, 0.29) is 12.3 Å². The quantitative estimate of drug-likeness (QED) is 0.584. The molecule has 0 aliphatic carbocycles. The molecule has 0 aromatic heterocycles. The average Bonchev–Trinajstić information content (AvgIpc) is 2.02. The summed E-state index contributed by atoms with van der Waals surface area (Å²) in [7, 11) is 0. The number of hydrogen-bond donors (Lipinski definition) is 3. The van der Waals surface area contributed by atoms with Crippen LogP contribution in [0.4, 0.5) is 0 Å². The zero-order valence-corrected chi connectivity index (χ0v) is 9.16. The van der Waals surface area contributed by atoms with Crippen molar-refractivity contribution in [1.29, 1.82) is 0 Å². The Morgan fingerprint density at radius 1 is 1.43 bits per heavy atom. The average molecular weight is 203 g/mol. The minimum atomic E-state index is -1.57. The summed E-state index contributed by atoms with van der Waals surface area (Å²) in [5, 5.41) is 19.3. The van der Waals surface area contributed by atoms with E-state index in [0.29, 0.717) is 12.8 Å². The Morgan fingerprint density at radius 2 is 1.93 bits per heavy atom. The van der Waals surface area contributed by atoms with E-state index in [4.69, 9.17) is 5.73 Å². The summed E-state index contributed by atoms with van der Waals surface area (Å²) in [4.78, 5) is 11.1. The molecule has 0 aliphatic rings. The second-order valence-electron chi connectivity index (χ2n) is 4.26. The molecule has 2 unspecified atom stereocenters. The standard InChI is InChI=1S/C10H21NO3/c1-4-8(12)6-10(14,9(11)13)5-7(2)3/h7-8,12,14H,4-6H2,1-3H3,(H2,11,13). The normalized spacial score (nSPS) is 17.9. The molecule has 0 rings (SSSR count). The van der Waals surface area contributed by atoms with Crippen molar-refractivity contribution in [2.75, 3.05) is 0 Å². The Bertz CT molecular complexity index is 194. The first-order valence-corrected chi connectivity index (χ1v) is 5.02. The summed E-state index contributed by atoms with van der Waals surface area (Å²) >= 11 is 0. The van der Waals surface area contributed by atoms with Crippen molar-refractivity contribution in [3.8, 4) is 0 Å². The zero-order chi connectivity index (χ0) is 11.4. The van der Waals surface area contributed by atoms with Gasteiger partial charge in [0.15, 0.2) is 0 Å². The zero-order valence-electron chi connectivity index (χ0n) is 9.16. The van der Waals surface area contributed by atoms with E-state index in [0.717, 1.165) is 0 Å². The Kier molecular flexibility index (Phi) is 5.08. The van der Waals surface area contributed by atoms with Crippen LogP contribution in [-0.2, 0) is 4.79 Å². The van der Waals surface area contributed by atoms with Crippen LogP contribution in [0.3, 0.4) is 0 Å². The second-order valence-corrected chi connectivity index (χ2v) is 4.26. The van der Waals surface area contributed by atoms with Gasteiger partial charge in [-0.2, -0.15) is 0 Å². The van der Waals surface area contributed by atoms with Crippen LogP contribution in [0.15, 0.2) is 0 Å². The molecule has 0 bridgehead atoms. The number of carbonyl (C=O) groups is 1. The highest BCUT2D eigenvalue weighted by molar-refractivity contribution is 5.83. The largest absolute Gasteiger partial charge is 0.393 e. The molecule has 0 aromatic rings. The van der Waals surface area contributed by atoms with Crippen molar-refractivity contribution in [1.82, 2.24) is 0 Å². The van der Waals surface area contributed by atoms with Gasteiger partial charge in [-0.3, -0.25) is 4.79 Å². The molecule has 0 saturated carbocycles. The number of aliphatic hydroxyl groups excluding tert-OH is 1. The monoisotopic (exact) mass is 203 g/mol. The summed E-state index contributed by atoms with van der Waals surface area (Å²) in [5.41, 5.74) is 3.56. The predicted molar refractivity (Wildman–Crippen MR) is 54.5 cm³/mol. The molecule has 14 heavy (non-hydrogen) atoms. The highest BCUT2D eigenvalue weighted by Gasteiger charge is 2.36. The van der Waals surface area contributed by atoms with E-state index in [1.165, 1.54) is 0 Å². The maximum atomic E-state index is 11.1. The highest BCUT2D eigenvalue weighted by atomic mass is 16.3. The molecule has 0 heterocycles. The number of aliphatic hydroxyl groups is 2. The van der Waals surface area contributed by atoms with Gasteiger partial charge < -0.3 is 15.9 Å². The van der Waals surface area contributed by atoms with Gasteiger partial charge in [-0.1, -0.05) is 20.8 Å². The molecule has 0 spiro atoms. The molecule has 0 saturated heterocycles. The van der Waals surface area contributed by atoms with Crippen LogP contribution in [0.5, 0.6) is 0 Å². The summed E-state index contributed by atoms with van der Waals surface area (Å²) < 4.78 is 0. The van der Waals surface area contributed by atoms with Gasteiger partial charge in [-0.05, 0) is 18.8 Å². The van der Waals surface area contributed by atoms with Gasteiger partial charge in [-0.25, -0.2) is 0 Å². The predicted octanol–water partition coefficient (Wildman–Crippen LogP) is 0.410. The van der Waals surface area contributed by atoms with Gasteiger partial charge in [-0.15, -0.1) is 0 Å². The molecule has 4 heteroatoms. The number of carbonyl (C=O) groups excluding carboxylic acids is 1. The summed E-state index contributed by atoms with van der Waals surface area (Å²) in [6, 6.07) is 0. The number of amides is 1. The number of hydrogen-bond acceptors (Lipinski definition) is 3. The summed E-state index contributed by atoms with van der Waals surface area (Å²) in [5.74, 6) is -0.588. The van der Waals surface area contributed by atoms with Crippen molar-refractivity contribution in [2.24, 2.45) is 11.7 Å². The number of primary amides is 1. The first kappa shape index (κ1) is 13.4. The first-order valence-electron chi connectivity index (χ1n) is 5.02. The third kappa shape index (κ3) is 4.07. The molecule has 84 valence electrons. The molecule has 0 aliphatic heterocycles. The van der Waals surface area contributed by atoms with Gasteiger partial charge in [0.1, 0.15) is 5.60 Å². The molecule has 2 atom stereocenters. The summed E-state index contributed by atoms with van der Waals surface area (Å²) in [6.45, 7) is 5.58. The second kappa shape index (κ2) is 5.32. The lowest BCUT2D eigenvalue weighted by Gasteiger charge is -2.28. The summed E-state index contributed by atoms with van der Waals surface area (Å²) in [6.07, 6.45) is 0.149. The first-order chi connectivity index (χ1) is 6.31. The van der Waals surface area contributed by atoms with Crippen LogP contribution in [0.25, 0.3) is 0 Å². The lowest BCUT2D eigenvalue weighted by Crippen LogP contribution is -2.47. The maximum absolute atomic E-state index is 11.1. The SMILES string of the molecule is CCC(O)CC(O)(CC(C)C)C(N)=O. The van der Waals surface area contributed by atoms with Crippen molar-refractivity contribution < 1.29 is 15.0 Å². The van der Waals surface area contributed by atoms with Gasteiger partial charge in [0.2, 0.25) is 5.91 Å². The van der Waals surface area contributed by atoms with Crippen molar-refractivity contribution in [2.45, 2.75) is 51.7 Å². The lowest BCUT2D eigenvalue weighted by atomic mass is 9.86. The van der Waals surface area contributed by atoms with Crippen LogP contribution in [-0.4, -0.2) is 27.8 Å². The Balaban J connectivity index is 4.47. The fourth-order valence-corrected chi connectivity index (χ4v) is 1.49. The molecule has 0 fully saturated rings. The minimum Gasteiger partial charge on any atom is -0.393 e. The highest BCUT2D eigenvalue weighted by Crippen LogP contribution is 2.23. The Labute approximate surface area is 85.1 Å². The van der Waals surface area contributed by atoms with Crippen LogP contribution < -0.4 is 5.73 Å². The van der Waals surface area contributed by atoms with E-state index in [2.05, 4.69) is 0 Å². The third-order valence-corrected chi connectivity index (χ3v) is 2.25. The van der Waals surface area contributed by atoms with Gasteiger partial charge in [0.25, 0.3) is 0 Å². The van der Waals surface area contributed by atoms with E-state index in [1.54, 1.807) is 6.92 Å². The van der Waals surface area contributed by atoms with E-state index < -0.39 is 17.6 Å². The van der Waals surface area contributed by atoms with Crippen LogP contribution >= 0.6 is 0 Å². The molecule has 0 radical (unpaired) electrons. The van der Waals surface area contributed by atoms with Crippen molar-refractivity contribution in [3.05, 3.63) is 0 Å². The van der Waals surface area contributed by atoms with Gasteiger partial charge in [0, 0.05) is 6.42 Å². The number of rotatable bonds is 6. The number of nitrogens with two attached hydrogens (primary N) is 1. The van der Waals surface area contributed by atoms with Gasteiger partial charge >= 0.3 is 0 Å². The van der Waals surface area contributed by atoms with E-state index >= 15 is 0 Å². The Hall–Kier alpha value is -0.610. The maximum Gasteiger partial charge on any atom is 0.249 e. The van der Waals surface area contributed by atoms with Gasteiger partial charge in [0.05, 0.1) is 6.10 Å². The third-order valence-electron chi connectivity index (χ3n) is 2.25. The van der Waals surface area contributed by atoms with E-state index in [1.807, 2.05) is 13.8 Å². The fourth-order valence-electron chi connectivity index (χ4n) is 1.49. The topological polar surface area (TPSA) is 83.6 Å². The van der Waals surface area contributed by atoms with Crippen LogP contribution in [0.1, 0.15) is 40.0 Å². The Morgan fingerprint density at radius 3 is 2.21 bits per heavy atom. The van der Waals surface area contributed by atoms with Crippen molar-refractivity contribution >= 4 is 5.91 Å². The molecule has 1 amide bonds. The molecule has 4 N–H and O–H groups in total. The fraction of sp³-hybridized carbons (Fsp3) is 0.900. The molecular formula is C10H21NO3. The smallest absolute Gasteiger partial charge is 0.249 e. The van der Waals surface area contributed by atoms with Crippen LogP contribution in [0, 0.1) is 5.92 Å². The molecule has 0 aromatic carbocycles. The van der Waals surface area contributed by atoms with E-state index in [9.17, 15) is 15.0 Å². The molecule has 4 nitrogen and oxygen atoms in total. The lowest BCUT2D eigenvalue weighted by molar-refractivity contribution is -0.141. The van der Waals surface area contributed by atoms with Crippen LogP contribution in [0.2, 0.25) is 0 Å².